The molecule has 2 rings (SSSR count). The van der Waals surface area contributed by atoms with Crippen LogP contribution in [0.3, 0.4) is 0 Å². The average Bonchev–Trinajstić information content (AvgIpc) is 2.50. The molecule has 1 aromatic rings. The second kappa shape index (κ2) is 4.06. The zero-order valence-corrected chi connectivity index (χ0v) is 12.7. The maximum Gasteiger partial charge on any atom is 0.107 e. The van der Waals surface area contributed by atoms with E-state index in [2.05, 4.69) is 51.8 Å². The zero-order chi connectivity index (χ0) is 12.8. The molecule has 0 atom stereocenters. The summed E-state index contributed by atoms with van der Waals surface area (Å²) in [6.45, 7) is 15.7. The van der Waals surface area contributed by atoms with E-state index >= 15 is 0 Å². The second-order valence-corrected chi connectivity index (χ2v) is 7.66. The van der Waals surface area contributed by atoms with E-state index in [-0.39, 0.29) is 0 Å². The molecule has 1 aliphatic carbocycles. The number of rotatable bonds is 4. The number of aromatic nitrogens is 1. The van der Waals surface area contributed by atoms with E-state index < -0.39 is 0 Å². The number of aryl methyl sites for hydroxylation is 2. The molecule has 0 spiro atoms. The molecular formula is C14H24N2S. The number of thiazole rings is 1. The van der Waals surface area contributed by atoms with E-state index in [0.717, 1.165) is 19.0 Å². The third-order valence-electron chi connectivity index (χ3n) is 5.02. The van der Waals surface area contributed by atoms with E-state index in [1.165, 1.54) is 15.6 Å². The summed E-state index contributed by atoms with van der Waals surface area (Å²) in [4.78, 5) is 5.90. The van der Waals surface area contributed by atoms with Gasteiger partial charge >= 0.3 is 0 Å². The van der Waals surface area contributed by atoms with Gasteiger partial charge in [-0.3, -0.25) is 0 Å². The van der Waals surface area contributed by atoms with Gasteiger partial charge in [-0.1, -0.05) is 27.7 Å². The summed E-state index contributed by atoms with van der Waals surface area (Å²) >= 11 is 1.81. The van der Waals surface area contributed by atoms with Crippen molar-refractivity contribution in [2.75, 3.05) is 6.54 Å². The first kappa shape index (κ1) is 13.0. The first-order valence-electron chi connectivity index (χ1n) is 6.40. The molecule has 0 saturated heterocycles. The topological polar surface area (TPSA) is 24.9 Å². The molecule has 0 radical (unpaired) electrons. The van der Waals surface area contributed by atoms with Gasteiger partial charge in [-0.15, -0.1) is 11.3 Å². The fraction of sp³-hybridized carbons (Fsp3) is 0.786. The highest BCUT2D eigenvalue weighted by Crippen LogP contribution is 2.67. The maximum atomic E-state index is 4.56. The van der Waals surface area contributed by atoms with E-state index in [9.17, 15) is 0 Å². The SMILES string of the molecule is Cc1nc(CNCC2C(C)(C)C2(C)C)sc1C. The average molecular weight is 252 g/mol. The Morgan fingerprint density at radius 1 is 1.18 bits per heavy atom. The quantitative estimate of drug-likeness (QED) is 0.886. The fourth-order valence-corrected chi connectivity index (χ4v) is 3.69. The predicted molar refractivity (Wildman–Crippen MR) is 74.3 cm³/mol. The molecule has 1 fully saturated rings. The van der Waals surface area contributed by atoms with Crippen molar-refractivity contribution in [3.63, 3.8) is 0 Å². The van der Waals surface area contributed by atoms with Gasteiger partial charge in [-0.25, -0.2) is 4.98 Å². The highest BCUT2D eigenvalue weighted by Gasteiger charge is 2.63. The summed E-state index contributed by atoms with van der Waals surface area (Å²) in [6, 6.07) is 0. The van der Waals surface area contributed by atoms with Crippen molar-refractivity contribution in [1.82, 2.24) is 10.3 Å². The molecule has 1 aromatic heterocycles. The second-order valence-electron chi connectivity index (χ2n) is 6.38. The number of hydrogen-bond donors (Lipinski definition) is 1. The smallest absolute Gasteiger partial charge is 0.107 e. The van der Waals surface area contributed by atoms with Crippen LogP contribution in [0.5, 0.6) is 0 Å². The lowest BCUT2D eigenvalue weighted by atomic mass is 10.0. The van der Waals surface area contributed by atoms with Crippen LogP contribution in [0, 0.1) is 30.6 Å². The van der Waals surface area contributed by atoms with Gasteiger partial charge in [-0.2, -0.15) is 0 Å². The normalized spacial score (nSPS) is 21.8. The fourth-order valence-electron chi connectivity index (χ4n) is 2.78. The van der Waals surface area contributed by atoms with Crippen molar-refractivity contribution in [3.05, 3.63) is 15.6 Å². The summed E-state index contributed by atoms with van der Waals surface area (Å²) < 4.78 is 0. The van der Waals surface area contributed by atoms with Crippen molar-refractivity contribution in [1.29, 1.82) is 0 Å². The number of nitrogens with one attached hydrogen (secondary N) is 1. The van der Waals surface area contributed by atoms with Crippen LogP contribution in [0.1, 0.15) is 43.3 Å². The third-order valence-corrected chi connectivity index (χ3v) is 6.09. The molecule has 0 aliphatic heterocycles. The number of hydrogen-bond acceptors (Lipinski definition) is 3. The lowest BCUT2D eigenvalue weighted by Gasteiger charge is -2.04. The Morgan fingerprint density at radius 3 is 2.18 bits per heavy atom. The van der Waals surface area contributed by atoms with Gasteiger partial charge in [0.05, 0.1) is 5.69 Å². The van der Waals surface area contributed by atoms with Crippen LogP contribution in [-0.4, -0.2) is 11.5 Å². The molecule has 1 saturated carbocycles. The van der Waals surface area contributed by atoms with Crippen LogP contribution in [0.2, 0.25) is 0 Å². The minimum absolute atomic E-state index is 0.481. The molecule has 0 aromatic carbocycles. The van der Waals surface area contributed by atoms with Crippen molar-refractivity contribution >= 4 is 11.3 Å². The first-order valence-corrected chi connectivity index (χ1v) is 7.22. The molecule has 1 aliphatic rings. The molecule has 2 nitrogen and oxygen atoms in total. The van der Waals surface area contributed by atoms with Crippen LogP contribution in [0.25, 0.3) is 0 Å². The molecular weight excluding hydrogens is 228 g/mol. The zero-order valence-electron chi connectivity index (χ0n) is 11.8. The summed E-state index contributed by atoms with van der Waals surface area (Å²) in [6.07, 6.45) is 0. The van der Waals surface area contributed by atoms with Gasteiger partial charge in [0, 0.05) is 11.4 Å². The third kappa shape index (κ3) is 2.15. The largest absolute Gasteiger partial charge is 0.310 e. The lowest BCUT2D eigenvalue weighted by molar-refractivity contribution is 0.457. The first-order chi connectivity index (χ1) is 7.76. The predicted octanol–water partition coefficient (Wildman–Crippen LogP) is 3.53. The highest BCUT2D eigenvalue weighted by atomic mass is 32.1. The van der Waals surface area contributed by atoms with Crippen LogP contribution >= 0.6 is 11.3 Å². The van der Waals surface area contributed by atoms with E-state index in [1.807, 2.05) is 11.3 Å². The Bertz CT molecular complexity index is 384. The van der Waals surface area contributed by atoms with Gasteiger partial charge in [0.15, 0.2) is 0 Å². The number of nitrogens with zero attached hydrogens (tertiary/aromatic N) is 1. The Labute approximate surface area is 109 Å². The molecule has 0 unspecified atom stereocenters. The van der Waals surface area contributed by atoms with Gasteiger partial charge in [0.2, 0.25) is 0 Å². The molecule has 1 N–H and O–H groups in total. The van der Waals surface area contributed by atoms with Crippen molar-refractivity contribution in [3.8, 4) is 0 Å². The molecule has 17 heavy (non-hydrogen) atoms. The van der Waals surface area contributed by atoms with Crippen molar-refractivity contribution in [2.24, 2.45) is 16.7 Å². The minimum atomic E-state index is 0.481. The summed E-state index contributed by atoms with van der Waals surface area (Å²) in [5.41, 5.74) is 2.14. The van der Waals surface area contributed by atoms with Gasteiger partial charge in [-0.05, 0) is 37.1 Å². The van der Waals surface area contributed by atoms with E-state index in [4.69, 9.17) is 0 Å². The van der Waals surface area contributed by atoms with Crippen LogP contribution in [0.15, 0.2) is 0 Å². The molecule has 96 valence electrons. The van der Waals surface area contributed by atoms with Gasteiger partial charge in [0.1, 0.15) is 5.01 Å². The summed E-state index contributed by atoms with van der Waals surface area (Å²) in [5.74, 6) is 0.789. The van der Waals surface area contributed by atoms with Crippen LogP contribution < -0.4 is 5.32 Å². The maximum absolute atomic E-state index is 4.56. The Morgan fingerprint density at radius 2 is 1.76 bits per heavy atom. The Hall–Kier alpha value is -0.410. The molecule has 3 heteroatoms. The van der Waals surface area contributed by atoms with E-state index in [1.54, 1.807) is 0 Å². The molecule has 0 bridgehead atoms. The van der Waals surface area contributed by atoms with E-state index in [0.29, 0.717) is 10.8 Å². The van der Waals surface area contributed by atoms with Crippen LogP contribution in [0.4, 0.5) is 0 Å². The summed E-state index contributed by atoms with van der Waals surface area (Å²) in [5, 5.41) is 4.78. The van der Waals surface area contributed by atoms with Gasteiger partial charge < -0.3 is 5.32 Å². The molecule has 1 heterocycles. The Balaban J connectivity index is 1.82. The van der Waals surface area contributed by atoms with Crippen LogP contribution in [-0.2, 0) is 6.54 Å². The minimum Gasteiger partial charge on any atom is -0.310 e. The standard InChI is InChI=1S/C14H24N2S/c1-9-10(2)17-12(16-9)8-15-7-11-13(3,4)14(11,5)6/h11,15H,7-8H2,1-6H3. The Kier molecular flexibility index (Phi) is 3.11. The lowest BCUT2D eigenvalue weighted by Crippen LogP contribution is -2.18. The van der Waals surface area contributed by atoms with Crippen molar-refractivity contribution < 1.29 is 0 Å². The highest BCUT2D eigenvalue weighted by molar-refractivity contribution is 7.11. The van der Waals surface area contributed by atoms with Gasteiger partial charge in [0.25, 0.3) is 0 Å². The summed E-state index contributed by atoms with van der Waals surface area (Å²) in [7, 11) is 0. The monoisotopic (exact) mass is 252 g/mol. The van der Waals surface area contributed by atoms with Crippen molar-refractivity contribution in [2.45, 2.75) is 48.1 Å². The molecule has 0 amide bonds.